The molecule has 0 aliphatic rings. The Balaban J connectivity index is 2.03. The molecule has 2 aromatic carbocycles. The molecule has 0 spiro atoms. The highest BCUT2D eigenvalue weighted by atomic mass is 32.2. The van der Waals surface area contributed by atoms with E-state index in [9.17, 15) is 13.2 Å². The topological polar surface area (TPSA) is 88.2 Å². The number of anilines is 1. The normalized spacial score (nSPS) is 11.3. The monoisotopic (exact) mass is 435 g/mol. The van der Waals surface area contributed by atoms with Crippen molar-refractivity contribution < 1.29 is 22.7 Å². The van der Waals surface area contributed by atoms with Crippen molar-refractivity contribution in [3.8, 4) is 11.5 Å². The molecule has 0 bridgehead atoms. The largest absolute Gasteiger partial charge is 0.497 e. The maximum absolute atomic E-state index is 12.8. The predicted octanol–water partition coefficient (Wildman–Crippen LogP) is 2.12. The van der Waals surface area contributed by atoms with Crippen LogP contribution in [0.1, 0.15) is 11.1 Å². The number of nitrogens with one attached hydrogen (secondary N) is 1. The number of hydrogen-bond acceptors (Lipinski definition) is 5. The smallest absolute Gasteiger partial charge is 0.304 e. The van der Waals surface area contributed by atoms with Gasteiger partial charge in [0.2, 0.25) is 5.91 Å². The van der Waals surface area contributed by atoms with Crippen LogP contribution in [-0.2, 0) is 15.0 Å². The number of aryl methyl sites for hydroxylation is 2. The van der Waals surface area contributed by atoms with Gasteiger partial charge in [-0.15, -0.1) is 0 Å². The Morgan fingerprint density at radius 1 is 1.07 bits per heavy atom. The SMILES string of the molecule is COc1cccc(OCCNC(=O)CN(c2cc(C)ccc2C)S(=O)(=O)N(C)C)c1. The van der Waals surface area contributed by atoms with E-state index in [0.717, 1.165) is 19.7 Å². The summed E-state index contributed by atoms with van der Waals surface area (Å²) in [4.78, 5) is 12.5. The van der Waals surface area contributed by atoms with E-state index in [1.165, 1.54) is 14.1 Å². The van der Waals surface area contributed by atoms with Crippen LogP contribution in [0.5, 0.6) is 11.5 Å². The lowest BCUT2D eigenvalue weighted by atomic mass is 10.1. The van der Waals surface area contributed by atoms with Gasteiger partial charge >= 0.3 is 10.2 Å². The summed E-state index contributed by atoms with van der Waals surface area (Å²) in [6.07, 6.45) is 0. The van der Waals surface area contributed by atoms with Crippen LogP contribution < -0.4 is 19.1 Å². The Morgan fingerprint density at radius 3 is 2.43 bits per heavy atom. The predicted molar refractivity (Wildman–Crippen MR) is 117 cm³/mol. The van der Waals surface area contributed by atoms with Gasteiger partial charge in [0, 0.05) is 20.2 Å². The van der Waals surface area contributed by atoms with Crippen LogP contribution in [-0.4, -0.2) is 59.5 Å². The fraction of sp³-hybridized carbons (Fsp3) is 0.381. The molecule has 0 aliphatic carbocycles. The number of carbonyl (C=O) groups is 1. The van der Waals surface area contributed by atoms with Gasteiger partial charge in [0.05, 0.1) is 19.3 Å². The van der Waals surface area contributed by atoms with Crippen LogP contribution in [0.15, 0.2) is 42.5 Å². The number of rotatable bonds is 10. The van der Waals surface area contributed by atoms with Crippen molar-refractivity contribution >= 4 is 21.8 Å². The summed E-state index contributed by atoms with van der Waals surface area (Å²) in [6, 6.07) is 12.6. The summed E-state index contributed by atoms with van der Waals surface area (Å²) < 4.78 is 38.6. The van der Waals surface area contributed by atoms with E-state index in [0.29, 0.717) is 17.2 Å². The van der Waals surface area contributed by atoms with Crippen molar-refractivity contribution in [2.75, 3.05) is 45.2 Å². The number of ether oxygens (including phenoxy) is 2. The lowest BCUT2D eigenvalue weighted by Gasteiger charge is -2.28. The van der Waals surface area contributed by atoms with Gasteiger partial charge in [0.1, 0.15) is 24.7 Å². The highest BCUT2D eigenvalue weighted by Crippen LogP contribution is 2.25. The molecule has 0 heterocycles. The number of nitrogens with zero attached hydrogens (tertiary/aromatic N) is 2. The molecule has 0 atom stereocenters. The first-order valence-corrected chi connectivity index (χ1v) is 10.9. The van der Waals surface area contributed by atoms with Crippen LogP contribution in [0.3, 0.4) is 0 Å². The lowest BCUT2D eigenvalue weighted by Crippen LogP contribution is -2.46. The van der Waals surface area contributed by atoms with Gasteiger partial charge in [-0.2, -0.15) is 12.7 Å². The first kappa shape index (κ1) is 23.5. The van der Waals surface area contributed by atoms with E-state index in [1.807, 2.05) is 32.0 Å². The molecule has 0 aromatic heterocycles. The van der Waals surface area contributed by atoms with Crippen molar-refractivity contribution in [3.05, 3.63) is 53.6 Å². The summed E-state index contributed by atoms with van der Waals surface area (Å²) in [6.45, 7) is 3.83. The maximum Gasteiger partial charge on any atom is 0.304 e. The molecule has 30 heavy (non-hydrogen) atoms. The van der Waals surface area contributed by atoms with Crippen molar-refractivity contribution in [1.82, 2.24) is 9.62 Å². The molecular weight excluding hydrogens is 406 g/mol. The van der Waals surface area contributed by atoms with Gasteiger partial charge in [0.25, 0.3) is 0 Å². The summed E-state index contributed by atoms with van der Waals surface area (Å²) >= 11 is 0. The zero-order valence-corrected chi connectivity index (χ0v) is 18.8. The molecular formula is C21H29N3O5S. The molecule has 0 fully saturated rings. The van der Waals surface area contributed by atoms with Crippen LogP contribution in [0, 0.1) is 13.8 Å². The standard InChI is InChI=1S/C21H29N3O5S/c1-16-9-10-17(2)20(13-16)24(30(26,27)23(3)4)15-21(25)22-11-12-29-19-8-6-7-18(14-19)28-5/h6-10,13-14H,11-12,15H2,1-5H3,(H,22,25). The molecule has 0 saturated heterocycles. The van der Waals surface area contributed by atoms with Gasteiger partial charge in [-0.1, -0.05) is 18.2 Å². The van der Waals surface area contributed by atoms with Crippen molar-refractivity contribution in [2.45, 2.75) is 13.8 Å². The number of carbonyl (C=O) groups excluding carboxylic acids is 1. The van der Waals surface area contributed by atoms with Crippen molar-refractivity contribution in [1.29, 1.82) is 0 Å². The number of hydrogen-bond donors (Lipinski definition) is 1. The molecule has 1 N–H and O–H groups in total. The molecule has 2 rings (SSSR count). The average Bonchev–Trinajstić information content (AvgIpc) is 2.71. The summed E-state index contributed by atoms with van der Waals surface area (Å²) in [7, 11) is 0.601. The van der Waals surface area contributed by atoms with E-state index in [4.69, 9.17) is 9.47 Å². The number of methoxy groups -OCH3 is 1. The van der Waals surface area contributed by atoms with Crippen LogP contribution in [0.4, 0.5) is 5.69 Å². The molecule has 164 valence electrons. The van der Waals surface area contributed by atoms with E-state index in [-0.39, 0.29) is 19.7 Å². The Morgan fingerprint density at radius 2 is 1.77 bits per heavy atom. The zero-order chi connectivity index (χ0) is 22.3. The second-order valence-corrected chi connectivity index (χ2v) is 9.03. The van der Waals surface area contributed by atoms with Gasteiger partial charge in [-0.25, -0.2) is 4.31 Å². The first-order chi connectivity index (χ1) is 14.1. The van der Waals surface area contributed by atoms with Gasteiger partial charge < -0.3 is 14.8 Å². The molecule has 0 unspecified atom stereocenters. The molecule has 0 aliphatic heterocycles. The fourth-order valence-electron chi connectivity index (χ4n) is 2.71. The van der Waals surface area contributed by atoms with Crippen LogP contribution >= 0.6 is 0 Å². The third kappa shape index (κ3) is 6.11. The third-order valence-electron chi connectivity index (χ3n) is 4.39. The molecule has 8 nitrogen and oxygen atoms in total. The van der Waals surface area contributed by atoms with E-state index in [2.05, 4.69) is 5.32 Å². The molecule has 9 heteroatoms. The van der Waals surface area contributed by atoms with Gasteiger partial charge in [-0.3, -0.25) is 4.79 Å². The van der Waals surface area contributed by atoms with Crippen molar-refractivity contribution in [2.24, 2.45) is 0 Å². The Labute approximate surface area is 178 Å². The summed E-state index contributed by atoms with van der Waals surface area (Å²) in [5, 5.41) is 2.71. The second-order valence-electron chi connectivity index (χ2n) is 6.96. The molecule has 2 aromatic rings. The highest BCUT2D eigenvalue weighted by Gasteiger charge is 2.28. The summed E-state index contributed by atoms with van der Waals surface area (Å²) in [5.74, 6) is 0.876. The summed E-state index contributed by atoms with van der Waals surface area (Å²) in [5.41, 5.74) is 2.15. The molecule has 0 saturated carbocycles. The maximum atomic E-state index is 12.8. The van der Waals surface area contributed by atoms with Crippen LogP contribution in [0.2, 0.25) is 0 Å². The van der Waals surface area contributed by atoms with E-state index >= 15 is 0 Å². The van der Waals surface area contributed by atoms with Gasteiger partial charge in [-0.05, 0) is 43.2 Å². The Hall–Kier alpha value is -2.78. The van der Waals surface area contributed by atoms with Gasteiger partial charge in [0.15, 0.2) is 0 Å². The number of benzene rings is 2. The quantitative estimate of drug-likeness (QED) is 0.578. The average molecular weight is 436 g/mol. The van der Waals surface area contributed by atoms with Crippen molar-refractivity contribution in [3.63, 3.8) is 0 Å². The Bertz CT molecular complexity index is 976. The lowest BCUT2D eigenvalue weighted by molar-refractivity contribution is -0.119. The molecule has 1 amide bonds. The van der Waals surface area contributed by atoms with E-state index in [1.54, 1.807) is 31.4 Å². The minimum absolute atomic E-state index is 0.235. The number of amides is 1. The van der Waals surface area contributed by atoms with Crippen LogP contribution in [0.25, 0.3) is 0 Å². The molecule has 0 radical (unpaired) electrons. The minimum Gasteiger partial charge on any atom is -0.497 e. The van der Waals surface area contributed by atoms with E-state index < -0.39 is 16.1 Å². The zero-order valence-electron chi connectivity index (χ0n) is 18.0. The Kier molecular flexibility index (Phi) is 8.08. The third-order valence-corrected chi connectivity index (χ3v) is 6.20. The fourth-order valence-corrected chi connectivity index (χ4v) is 3.83. The first-order valence-electron chi connectivity index (χ1n) is 9.46. The highest BCUT2D eigenvalue weighted by molar-refractivity contribution is 7.90. The minimum atomic E-state index is -3.85. The second kappa shape index (κ2) is 10.3.